The lowest BCUT2D eigenvalue weighted by atomic mass is 10.1. The summed E-state index contributed by atoms with van der Waals surface area (Å²) in [7, 11) is 0. The zero-order chi connectivity index (χ0) is 15.8. The molecule has 0 saturated carbocycles. The first-order chi connectivity index (χ1) is 11.2. The summed E-state index contributed by atoms with van der Waals surface area (Å²) in [6.07, 6.45) is 1.76. The predicted octanol–water partition coefficient (Wildman–Crippen LogP) is 6.38. The molecule has 0 aliphatic rings. The number of hydrogen-bond donors (Lipinski definition) is 1. The molecular formula is C19H12Cl2N2. The summed E-state index contributed by atoms with van der Waals surface area (Å²) < 4.78 is 0. The Morgan fingerprint density at radius 1 is 0.826 bits per heavy atom. The van der Waals surface area contributed by atoms with E-state index in [1.807, 2.05) is 30.3 Å². The Balaban J connectivity index is 1.76. The third kappa shape index (κ3) is 2.72. The number of hydrogen-bond acceptors (Lipinski definition) is 1. The summed E-state index contributed by atoms with van der Waals surface area (Å²) >= 11 is 12.1. The zero-order valence-electron chi connectivity index (χ0n) is 12.1. The molecule has 0 fully saturated rings. The van der Waals surface area contributed by atoms with Crippen molar-refractivity contribution in [2.24, 2.45) is 4.99 Å². The number of halogens is 2. The van der Waals surface area contributed by atoms with E-state index in [2.05, 4.69) is 28.2 Å². The highest BCUT2D eigenvalue weighted by Crippen LogP contribution is 2.29. The van der Waals surface area contributed by atoms with Gasteiger partial charge in [0.2, 0.25) is 0 Å². The van der Waals surface area contributed by atoms with Crippen LogP contribution in [0.15, 0.2) is 65.7 Å². The van der Waals surface area contributed by atoms with Crippen molar-refractivity contribution < 1.29 is 0 Å². The van der Waals surface area contributed by atoms with E-state index < -0.39 is 0 Å². The fourth-order valence-electron chi connectivity index (χ4n) is 2.67. The molecule has 1 aromatic heterocycles. The fourth-order valence-corrected chi connectivity index (χ4v) is 3.12. The monoisotopic (exact) mass is 338 g/mol. The number of aliphatic imine (C=N–C) groups is 1. The average molecular weight is 339 g/mol. The molecule has 0 radical (unpaired) electrons. The van der Waals surface area contributed by atoms with Crippen LogP contribution in [0.5, 0.6) is 0 Å². The summed E-state index contributed by atoms with van der Waals surface area (Å²) in [6, 6.07) is 19.7. The van der Waals surface area contributed by atoms with Gasteiger partial charge in [0.25, 0.3) is 0 Å². The molecule has 4 aromatic rings. The summed E-state index contributed by atoms with van der Waals surface area (Å²) in [4.78, 5) is 7.94. The van der Waals surface area contributed by atoms with Gasteiger partial charge in [-0.3, -0.25) is 4.99 Å². The number of nitrogens with zero attached hydrogens (tertiary/aromatic N) is 1. The van der Waals surface area contributed by atoms with Crippen LogP contribution in [0.2, 0.25) is 10.0 Å². The van der Waals surface area contributed by atoms with E-state index in [0.717, 1.165) is 27.7 Å². The highest BCUT2D eigenvalue weighted by molar-refractivity contribution is 6.36. The van der Waals surface area contributed by atoms with Crippen LogP contribution in [0.4, 0.5) is 5.69 Å². The van der Waals surface area contributed by atoms with Gasteiger partial charge in [0.15, 0.2) is 0 Å². The van der Waals surface area contributed by atoms with Gasteiger partial charge in [-0.25, -0.2) is 0 Å². The van der Waals surface area contributed by atoms with Crippen molar-refractivity contribution in [1.29, 1.82) is 0 Å². The van der Waals surface area contributed by atoms with Crippen molar-refractivity contribution in [3.63, 3.8) is 0 Å². The molecular weight excluding hydrogens is 327 g/mol. The molecule has 0 aliphatic heterocycles. The molecule has 1 N–H and O–H groups in total. The first-order valence-electron chi connectivity index (χ1n) is 7.20. The van der Waals surface area contributed by atoms with Gasteiger partial charge in [-0.2, -0.15) is 0 Å². The molecule has 0 amide bonds. The Labute approximate surface area is 143 Å². The highest BCUT2D eigenvalue weighted by atomic mass is 35.5. The van der Waals surface area contributed by atoms with E-state index in [4.69, 9.17) is 23.2 Å². The van der Waals surface area contributed by atoms with Crippen LogP contribution in [0, 0.1) is 0 Å². The van der Waals surface area contributed by atoms with Crippen molar-refractivity contribution in [2.75, 3.05) is 0 Å². The van der Waals surface area contributed by atoms with Gasteiger partial charge in [-0.15, -0.1) is 0 Å². The summed E-state index contributed by atoms with van der Waals surface area (Å²) in [5, 5.41) is 3.57. The predicted molar refractivity (Wildman–Crippen MR) is 99.5 cm³/mol. The molecule has 0 spiro atoms. The van der Waals surface area contributed by atoms with E-state index in [-0.39, 0.29) is 0 Å². The molecule has 23 heavy (non-hydrogen) atoms. The molecule has 0 atom stereocenters. The molecule has 0 saturated heterocycles. The molecule has 0 aliphatic carbocycles. The lowest BCUT2D eigenvalue weighted by molar-refractivity contribution is 1.52. The van der Waals surface area contributed by atoms with Crippen molar-refractivity contribution in [3.05, 3.63) is 76.3 Å². The van der Waals surface area contributed by atoms with Crippen LogP contribution in [0.25, 0.3) is 21.8 Å². The number of para-hydroxylation sites is 1. The lowest BCUT2D eigenvalue weighted by Crippen LogP contribution is -1.82. The van der Waals surface area contributed by atoms with Crippen LogP contribution in [-0.2, 0) is 0 Å². The van der Waals surface area contributed by atoms with Gasteiger partial charge in [-0.05, 0) is 36.4 Å². The SMILES string of the molecule is Clc1ccc(/C=N/c2ccc3[nH]c4ccccc4c3c2)c(Cl)c1. The summed E-state index contributed by atoms with van der Waals surface area (Å²) in [6.45, 7) is 0. The molecule has 0 bridgehead atoms. The third-order valence-corrected chi connectivity index (χ3v) is 4.37. The molecule has 0 unspecified atom stereocenters. The zero-order valence-corrected chi connectivity index (χ0v) is 13.6. The number of fused-ring (bicyclic) bond motifs is 3. The minimum atomic E-state index is 0.592. The Bertz CT molecular complexity index is 1050. The highest BCUT2D eigenvalue weighted by Gasteiger charge is 2.04. The fraction of sp³-hybridized carbons (Fsp3) is 0. The van der Waals surface area contributed by atoms with Crippen LogP contribution in [0.3, 0.4) is 0 Å². The van der Waals surface area contributed by atoms with Gasteiger partial charge >= 0.3 is 0 Å². The molecule has 112 valence electrons. The smallest absolute Gasteiger partial charge is 0.0637 e. The Morgan fingerprint density at radius 2 is 1.65 bits per heavy atom. The van der Waals surface area contributed by atoms with Crippen LogP contribution < -0.4 is 0 Å². The summed E-state index contributed by atoms with van der Waals surface area (Å²) in [5.41, 5.74) is 3.96. The maximum absolute atomic E-state index is 6.17. The quantitative estimate of drug-likeness (QED) is 0.411. The Kier molecular flexibility index (Phi) is 3.56. The van der Waals surface area contributed by atoms with Crippen molar-refractivity contribution >= 4 is 56.9 Å². The third-order valence-electron chi connectivity index (χ3n) is 3.80. The largest absolute Gasteiger partial charge is 0.355 e. The van der Waals surface area contributed by atoms with Gasteiger partial charge in [-0.1, -0.05) is 47.5 Å². The van der Waals surface area contributed by atoms with E-state index >= 15 is 0 Å². The second-order valence-electron chi connectivity index (χ2n) is 5.32. The molecule has 1 heterocycles. The van der Waals surface area contributed by atoms with E-state index in [0.29, 0.717) is 10.0 Å². The van der Waals surface area contributed by atoms with Crippen molar-refractivity contribution in [2.45, 2.75) is 0 Å². The summed E-state index contributed by atoms with van der Waals surface area (Å²) in [5.74, 6) is 0. The number of rotatable bonds is 2. The maximum Gasteiger partial charge on any atom is 0.0637 e. The van der Waals surface area contributed by atoms with Crippen LogP contribution in [0.1, 0.15) is 5.56 Å². The van der Waals surface area contributed by atoms with Crippen LogP contribution >= 0.6 is 23.2 Å². The second kappa shape index (κ2) is 5.73. The Morgan fingerprint density at radius 3 is 2.52 bits per heavy atom. The lowest BCUT2D eigenvalue weighted by Gasteiger charge is -1.99. The van der Waals surface area contributed by atoms with Gasteiger partial charge in [0.05, 0.1) is 10.7 Å². The molecule has 4 rings (SSSR count). The van der Waals surface area contributed by atoms with Gasteiger partial charge in [0, 0.05) is 38.6 Å². The number of benzene rings is 3. The number of aromatic nitrogens is 1. The topological polar surface area (TPSA) is 28.1 Å². The minimum absolute atomic E-state index is 0.592. The standard InChI is InChI=1S/C19H12Cl2N2/c20-13-6-5-12(17(21)9-13)11-22-14-7-8-19-16(10-14)15-3-1-2-4-18(15)23-19/h1-11,23H/b22-11+. The van der Waals surface area contributed by atoms with Gasteiger partial charge in [0.1, 0.15) is 0 Å². The Hall–Kier alpha value is -2.29. The second-order valence-corrected chi connectivity index (χ2v) is 6.17. The van der Waals surface area contributed by atoms with Crippen molar-refractivity contribution in [1.82, 2.24) is 4.98 Å². The van der Waals surface area contributed by atoms with Gasteiger partial charge < -0.3 is 4.98 Å². The van der Waals surface area contributed by atoms with E-state index in [1.54, 1.807) is 18.3 Å². The normalized spacial score (nSPS) is 11.7. The first-order valence-corrected chi connectivity index (χ1v) is 7.96. The molecule has 4 heteroatoms. The van der Waals surface area contributed by atoms with Crippen molar-refractivity contribution in [3.8, 4) is 0 Å². The molecule has 2 nitrogen and oxygen atoms in total. The first kappa shape index (κ1) is 14.3. The number of H-pyrrole nitrogens is 1. The molecule has 3 aromatic carbocycles. The van der Waals surface area contributed by atoms with E-state index in [1.165, 1.54) is 5.39 Å². The minimum Gasteiger partial charge on any atom is -0.355 e. The number of aromatic amines is 1. The van der Waals surface area contributed by atoms with E-state index in [9.17, 15) is 0 Å². The number of nitrogens with one attached hydrogen (secondary N) is 1. The average Bonchev–Trinajstić information content (AvgIpc) is 2.92. The maximum atomic E-state index is 6.17. The van der Waals surface area contributed by atoms with Crippen LogP contribution in [-0.4, -0.2) is 11.2 Å².